The van der Waals surface area contributed by atoms with E-state index in [2.05, 4.69) is 53.4 Å². The fourth-order valence-electron chi connectivity index (χ4n) is 3.99. The Morgan fingerprint density at radius 2 is 1.70 bits per heavy atom. The van der Waals surface area contributed by atoms with E-state index in [0.717, 1.165) is 11.4 Å². The molecule has 1 aliphatic rings. The van der Waals surface area contributed by atoms with Gasteiger partial charge in [0.25, 0.3) is 0 Å². The van der Waals surface area contributed by atoms with Crippen LogP contribution in [0.15, 0.2) is 0 Å². The second-order valence-electron chi connectivity index (χ2n) is 6.53. The minimum Gasteiger partial charge on any atom is -0.301 e. The Bertz CT molecular complexity index is 247. The van der Waals surface area contributed by atoms with E-state index in [4.69, 9.17) is 0 Å². The third-order valence-electron chi connectivity index (χ3n) is 4.98. The second kappa shape index (κ2) is 9.42. The predicted molar refractivity (Wildman–Crippen MR) is 93.8 cm³/mol. The van der Waals surface area contributed by atoms with Crippen LogP contribution in [-0.2, 0) is 0 Å². The molecule has 0 saturated carbocycles. The summed E-state index contributed by atoms with van der Waals surface area (Å²) in [4.78, 5) is 5.37. The quantitative estimate of drug-likeness (QED) is 0.541. The fraction of sp³-hybridized carbons (Fsp3) is 1.00. The molecule has 1 rings (SSSR count). The van der Waals surface area contributed by atoms with Crippen LogP contribution in [0.4, 0.5) is 0 Å². The molecule has 120 valence electrons. The third-order valence-corrected chi connectivity index (χ3v) is 6.17. The maximum absolute atomic E-state index is 3.82. The first-order valence-corrected chi connectivity index (χ1v) is 9.79. The molecule has 0 aliphatic carbocycles. The van der Waals surface area contributed by atoms with Gasteiger partial charge in [-0.1, -0.05) is 56.5 Å². The normalized spacial score (nSPS) is 21.0. The molecular formula is C17H35BrN2. The molecule has 2 nitrogen and oxygen atoms in total. The first kappa shape index (κ1) is 18.4. The Hall–Kier alpha value is 0.400. The van der Waals surface area contributed by atoms with Crippen molar-refractivity contribution in [2.24, 2.45) is 5.41 Å². The molecule has 0 radical (unpaired) electrons. The zero-order valence-corrected chi connectivity index (χ0v) is 15.7. The monoisotopic (exact) mass is 346 g/mol. The van der Waals surface area contributed by atoms with Gasteiger partial charge in [0, 0.05) is 24.5 Å². The maximum Gasteiger partial charge on any atom is 0.0235 e. The van der Waals surface area contributed by atoms with E-state index in [1.165, 1.54) is 64.8 Å². The highest BCUT2D eigenvalue weighted by molar-refractivity contribution is 9.09. The Balaban J connectivity index is 2.58. The van der Waals surface area contributed by atoms with Crippen molar-refractivity contribution in [3.05, 3.63) is 0 Å². The number of halogens is 1. The SMILES string of the molecule is CCCC(CBr)(CCC)CN1CCC(N(CC)CC)C1. The van der Waals surface area contributed by atoms with E-state index in [1.807, 2.05) is 0 Å². The Kier molecular flexibility index (Phi) is 8.69. The van der Waals surface area contributed by atoms with Crippen LogP contribution in [0, 0.1) is 5.41 Å². The summed E-state index contributed by atoms with van der Waals surface area (Å²) in [5, 5.41) is 1.16. The van der Waals surface area contributed by atoms with E-state index in [-0.39, 0.29) is 0 Å². The lowest BCUT2D eigenvalue weighted by molar-refractivity contribution is 0.153. The van der Waals surface area contributed by atoms with Crippen molar-refractivity contribution in [2.45, 2.75) is 65.8 Å². The van der Waals surface area contributed by atoms with Gasteiger partial charge in [-0.3, -0.25) is 4.90 Å². The van der Waals surface area contributed by atoms with E-state index in [1.54, 1.807) is 0 Å². The van der Waals surface area contributed by atoms with Gasteiger partial charge in [0.1, 0.15) is 0 Å². The predicted octanol–water partition coefficient (Wildman–Crippen LogP) is 4.38. The van der Waals surface area contributed by atoms with Crippen LogP contribution in [-0.4, -0.2) is 53.9 Å². The van der Waals surface area contributed by atoms with E-state index < -0.39 is 0 Å². The number of alkyl halides is 1. The fourth-order valence-corrected chi connectivity index (χ4v) is 4.73. The summed E-state index contributed by atoms with van der Waals surface area (Å²) >= 11 is 3.82. The summed E-state index contributed by atoms with van der Waals surface area (Å²) in [6.45, 7) is 15.5. The molecule has 0 bridgehead atoms. The van der Waals surface area contributed by atoms with E-state index in [0.29, 0.717) is 5.41 Å². The van der Waals surface area contributed by atoms with Crippen molar-refractivity contribution < 1.29 is 0 Å². The van der Waals surface area contributed by atoms with E-state index in [9.17, 15) is 0 Å². The zero-order valence-electron chi connectivity index (χ0n) is 14.1. The summed E-state index contributed by atoms with van der Waals surface area (Å²) in [7, 11) is 0. The van der Waals surface area contributed by atoms with Crippen molar-refractivity contribution in [1.29, 1.82) is 0 Å². The number of rotatable bonds is 10. The lowest BCUT2D eigenvalue weighted by Crippen LogP contribution is -2.41. The van der Waals surface area contributed by atoms with Crippen molar-refractivity contribution in [2.75, 3.05) is 38.1 Å². The van der Waals surface area contributed by atoms with Gasteiger partial charge in [-0.05, 0) is 44.3 Å². The first-order chi connectivity index (χ1) is 9.64. The minimum atomic E-state index is 0.502. The summed E-state index contributed by atoms with van der Waals surface area (Å²) in [5.74, 6) is 0. The zero-order chi connectivity index (χ0) is 15.0. The summed E-state index contributed by atoms with van der Waals surface area (Å²) in [6, 6.07) is 0.793. The van der Waals surface area contributed by atoms with E-state index >= 15 is 0 Å². The highest BCUT2D eigenvalue weighted by Gasteiger charge is 2.34. The molecule has 1 unspecified atom stereocenters. The van der Waals surface area contributed by atoms with Gasteiger partial charge < -0.3 is 4.90 Å². The topological polar surface area (TPSA) is 6.48 Å². The molecule has 0 spiro atoms. The van der Waals surface area contributed by atoms with Gasteiger partial charge in [0.2, 0.25) is 0 Å². The molecule has 1 aliphatic heterocycles. The summed E-state index contributed by atoms with van der Waals surface area (Å²) < 4.78 is 0. The molecule has 1 fully saturated rings. The van der Waals surface area contributed by atoms with Crippen LogP contribution in [0.5, 0.6) is 0 Å². The Morgan fingerprint density at radius 1 is 1.10 bits per heavy atom. The Labute approximate surface area is 135 Å². The van der Waals surface area contributed by atoms with Gasteiger partial charge in [-0.25, -0.2) is 0 Å². The molecular weight excluding hydrogens is 312 g/mol. The standard InChI is InChI=1S/C17H35BrN2/c1-5-10-17(14-18,11-6-2)15-19-12-9-16(13-19)20(7-3)8-4/h16H,5-15H2,1-4H3. The maximum atomic E-state index is 3.82. The molecule has 3 heteroatoms. The highest BCUT2D eigenvalue weighted by Crippen LogP contribution is 2.34. The third kappa shape index (κ3) is 4.99. The van der Waals surface area contributed by atoms with Crippen LogP contribution in [0.1, 0.15) is 59.8 Å². The van der Waals surface area contributed by atoms with Crippen molar-refractivity contribution in [3.63, 3.8) is 0 Å². The second-order valence-corrected chi connectivity index (χ2v) is 7.09. The number of hydrogen-bond donors (Lipinski definition) is 0. The number of likely N-dealkylation sites (tertiary alicyclic amines) is 1. The highest BCUT2D eigenvalue weighted by atomic mass is 79.9. The van der Waals surface area contributed by atoms with Crippen LogP contribution in [0.2, 0.25) is 0 Å². The number of nitrogens with zero attached hydrogens (tertiary/aromatic N) is 2. The average Bonchev–Trinajstić information content (AvgIpc) is 2.89. The minimum absolute atomic E-state index is 0.502. The van der Waals surface area contributed by atoms with Gasteiger partial charge in [0.05, 0.1) is 0 Å². The molecule has 1 atom stereocenters. The molecule has 20 heavy (non-hydrogen) atoms. The Morgan fingerprint density at radius 3 is 2.15 bits per heavy atom. The van der Waals surface area contributed by atoms with Crippen molar-refractivity contribution >= 4 is 15.9 Å². The molecule has 0 aromatic carbocycles. The first-order valence-electron chi connectivity index (χ1n) is 8.67. The average molecular weight is 347 g/mol. The molecule has 0 aromatic heterocycles. The largest absolute Gasteiger partial charge is 0.301 e. The van der Waals surface area contributed by atoms with Crippen LogP contribution in [0.3, 0.4) is 0 Å². The summed E-state index contributed by atoms with van der Waals surface area (Å²) in [6.07, 6.45) is 6.69. The smallest absolute Gasteiger partial charge is 0.0235 e. The lowest BCUT2D eigenvalue weighted by atomic mass is 9.81. The molecule has 1 saturated heterocycles. The number of likely N-dealkylation sites (N-methyl/N-ethyl adjacent to an activating group) is 1. The van der Waals surface area contributed by atoms with Crippen molar-refractivity contribution in [1.82, 2.24) is 9.80 Å². The summed E-state index contributed by atoms with van der Waals surface area (Å²) in [5.41, 5.74) is 0.502. The van der Waals surface area contributed by atoms with Crippen LogP contribution in [0.25, 0.3) is 0 Å². The van der Waals surface area contributed by atoms with Gasteiger partial charge >= 0.3 is 0 Å². The van der Waals surface area contributed by atoms with Crippen LogP contribution < -0.4 is 0 Å². The molecule has 1 heterocycles. The van der Waals surface area contributed by atoms with Gasteiger partial charge in [-0.2, -0.15) is 0 Å². The van der Waals surface area contributed by atoms with Crippen molar-refractivity contribution in [3.8, 4) is 0 Å². The van der Waals surface area contributed by atoms with Gasteiger partial charge in [-0.15, -0.1) is 0 Å². The lowest BCUT2D eigenvalue weighted by Gasteiger charge is -2.36. The van der Waals surface area contributed by atoms with Gasteiger partial charge in [0.15, 0.2) is 0 Å². The van der Waals surface area contributed by atoms with Crippen LogP contribution >= 0.6 is 15.9 Å². The molecule has 0 aromatic rings. The molecule has 0 N–H and O–H groups in total. The molecule has 0 amide bonds. The number of hydrogen-bond acceptors (Lipinski definition) is 2.